The minimum absolute atomic E-state index is 0.358. The van der Waals surface area contributed by atoms with Crippen LogP contribution in [-0.4, -0.2) is 26.6 Å². The third kappa shape index (κ3) is 5.52. The van der Waals surface area contributed by atoms with Crippen LogP contribution in [0.3, 0.4) is 0 Å². The van der Waals surface area contributed by atoms with Crippen molar-refractivity contribution in [1.29, 1.82) is 0 Å². The van der Waals surface area contributed by atoms with E-state index in [0.717, 1.165) is 10.6 Å². The molecule has 1 atom stereocenters. The summed E-state index contributed by atoms with van der Waals surface area (Å²) < 4.78 is 31.7. The maximum atomic E-state index is 12.7. The van der Waals surface area contributed by atoms with Gasteiger partial charge in [0.05, 0.1) is 11.9 Å². The number of carbonyl (C=O) groups excluding carboxylic acids is 1. The number of hydrogen-bond acceptors (Lipinski definition) is 4. The first kappa shape index (κ1) is 21.7. The summed E-state index contributed by atoms with van der Waals surface area (Å²) in [7, 11) is -3.72. The molecule has 0 aliphatic heterocycles. The van der Waals surface area contributed by atoms with Crippen LogP contribution in [0.25, 0.3) is 0 Å². The zero-order valence-electron chi connectivity index (χ0n) is 16.4. The molecule has 0 saturated heterocycles. The molecule has 0 bridgehead atoms. The van der Waals surface area contributed by atoms with Gasteiger partial charge in [-0.3, -0.25) is 9.10 Å². The Morgan fingerprint density at radius 3 is 2.07 bits per heavy atom. The molecule has 3 aromatic carbocycles. The van der Waals surface area contributed by atoms with Crippen molar-refractivity contribution in [3.63, 3.8) is 0 Å². The molecule has 0 unspecified atom stereocenters. The molecule has 0 heterocycles. The van der Waals surface area contributed by atoms with Crippen molar-refractivity contribution in [2.75, 3.05) is 15.9 Å². The van der Waals surface area contributed by atoms with Gasteiger partial charge < -0.3 is 10.1 Å². The third-order valence-electron chi connectivity index (χ3n) is 4.27. The average Bonchev–Trinajstić information content (AvgIpc) is 2.71. The van der Waals surface area contributed by atoms with E-state index in [0.29, 0.717) is 27.9 Å². The van der Waals surface area contributed by atoms with Crippen LogP contribution in [0.4, 0.5) is 11.4 Å². The third-order valence-corrected chi connectivity index (χ3v) is 5.76. The number of anilines is 2. The lowest BCUT2D eigenvalue weighted by Crippen LogP contribution is -2.45. The Morgan fingerprint density at radius 2 is 1.50 bits per heavy atom. The Kier molecular flexibility index (Phi) is 6.64. The fourth-order valence-corrected chi connectivity index (χ4v) is 4.18. The Hall–Kier alpha value is -3.03. The van der Waals surface area contributed by atoms with Gasteiger partial charge in [-0.2, -0.15) is 0 Å². The molecule has 1 amide bonds. The zero-order chi connectivity index (χ0) is 21.7. The molecule has 0 spiro atoms. The number of amides is 1. The topological polar surface area (TPSA) is 75.7 Å². The molecule has 3 rings (SSSR count). The number of rotatable bonds is 7. The van der Waals surface area contributed by atoms with E-state index in [1.54, 1.807) is 48.5 Å². The van der Waals surface area contributed by atoms with Gasteiger partial charge in [-0.1, -0.05) is 29.8 Å². The number of hydrogen-bond donors (Lipinski definition) is 1. The van der Waals surface area contributed by atoms with Crippen molar-refractivity contribution in [2.24, 2.45) is 0 Å². The van der Waals surface area contributed by atoms with Gasteiger partial charge in [0.1, 0.15) is 17.5 Å². The minimum Gasteiger partial charge on any atom is -0.457 e. The molecular weight excluding hydrogens is 424 g/mol. The van der Waals surface area contributed by atoms with Crippen molar-refractivity contribution < 1.29 is 17.9 Å². The van der Waals surface area contributed by atoms with Crippen LogP contribution < -0.4 is 14.4 Å². The first-order chi connectivity index (χ1) is 14.2. The number of sulfonamides is 1. The van der Waals surface area contributed by atoms with E-state index in [1.807, 2.05) is 30.3 Å². The second kappa shape index (κ2) is 9.19. The molecule has 0 fully saturated rings. The fraction of sp³-hybridized carbons (Fsp3) is 0.136. The quantitative estimate of drug-likeness (QED) is 0.560. The van der Waals surface area contributed by atoms with E-state index in [4.69, 9.17) is 16.3 Å². The molecule has 156 valence electrons. The number of nitrogens with one attached hydrogen (secondary N) is 1. The van der Waals surface area contributed by atoms with E-state index in [1.165, 1.54) is 6.92 Å². The standard InChI is InChI=1S/C22H21ClN2O4S/c1-16(22(26)24-18-10-8-17(23)9-11-18)25(30(2,27)28)19-12-14-21(15-13-19)29-20-6-4-3-5-7-20/h3-16H,1-2H3,(H,24,26)/t16-/m0/s1. The van der Waals surface area contributed by atoms with Crippen LogP contribution in [0.15, 0.2) is 78.9 Å². The van der Waals surface area contributed by atoms with Crippen LogP contribution in [0.5, 0.6) is 11.5 Å². The minimum atomic E-state index is -3.72. The van der Waals surface area contributed by atoms with Crippen LogP contribution in [-0.2, 0) is 14.8 Å². The van der Waals surface area contributed by atoms with E-state index in [-0.39, 0.29) is 0 Å². The lowest BCUT2D eigenvalue weighted by Gasteiger charge is -2.28. The van der Waals surface area contributed by atoms with Crippen molar-refractivity contribution in [3.05, 3.63) is 83.9 Å². The molecule has 0 radical (unpaired) electrons. The SMILES string of the molecule is C[C@@H](C(=O)Nc1ccc(Cl)cc1)N(c1ccc(Oc2ccccc2)cc1)S(C)(=O)=O. The van der Waals surface area contributed by atoms with Crippen LogP contribution >= 0.6 is 11.6 Å². The number of ether oxygens (including phenoxy) is 1. The van der Waals surface area contributed by atoms with Gasteiger partial charge in [-0.25, -0.2) is 8.42 Å². The van der Waals surface area contributed by atoms with Gasteiger partial charge in [-0.15, -0.1) is 0 Å². The number of para-hydroxylation sites is 1. The van der Waals surface area contributed by atoms with Crippen molar-refractivity contribution in [1.82, 2.24) is 0 Å². The van der Waals surface area contributed by atoms with E-state index >= 15 is 0 Å². The normalized spacial score (nSPS) is 12.1. The molecular formula is C22H21ClN2O4S. The largest absolute Gasteiger partial charge is 0.457 e. The summed E-state index contributed by atoms with van der Waals surface area (Å²) in [6.07, 6.45) is 1.06. The Balaban J connectivity index is 1.79. The first-order valence-corrected chi connectivity index (χ1v) is 11.4. The van der Waals surface area contributed by atoms with E-state index < -0.39 is 22.0 Å². The highest BCUT2D eigenvalue weighted by Crippen LogP contribution is 2.27. The van der Waals surface area contributed by atoms with Gasteiger partial charge >= 0.3 is 0 Å². The van der Waals surface area contributed by atoms with Crippen LogP contribution in [0, 0.1) is 0 Å². The average molecular weight is 445 g/mol. The highest BCUT2D eigenvalue weighted by atomic mass is 35.5. The highest BCUT2D eigenvalue weighted by molar-refractivity contribution is 7.92. The van der Waals surface area contributed by atoms with E-state index in [2.05, 4.69) is 5.32 Å². The molecule has 3 aromatic rings. The van der Waals surface area contributed by atoms with Gasteiger partial charge in [0.25, 0.3) is 0 Å². The smallest absolute Gasteiger partial charge is 0.247 e. The molecule has 1 N–H and O–H groups in total. The van der Waals surface area contributed by atoms with Crippen molar-refractivity contribution >= 4 is 38.9 Å². The number of carbonyl (C=O) groups is 1. The summed E-state index contributed by atoms with van der Waals surface area (Å²) in [5.41, 5.74) is 0.882. The molecule has 6 nitrogen and oxygen atoms in total. The first-order valence-electron chi connectivity index (χ1n) is 9.13. The summed E-state index contributed by atoms with van der Waals surface area (Å²) in [4.78, 5) is 12.7. The summed E-state index contributed by atoms with van der Waals surface area (Å²) in [6, 6.07) is 21.4. The second-order valence-corrected chi connectivity index (χ2v) is 8.94. The number of benzene rings is 3. The Labute approximate surface area is 181 Å². The summed E-state index contributed by atoms with van der Waals surface area (Å²) in [5.74, 6) is 0.755. The van der Waals surface area contributed by atoms with Crippen LogP contribution in [0.1, 0.15) is 6.92 Å². The van der Waals surface area contributed by atoms with Gasteiger partial charge in [0.15, 0.2) is 0 Å². The molecule has 0 aromatic heterocycles. The maximum absolute atomic E-state index is 12.7. The molecule has 0 aliphatic rings. The van der Waals surface area contributed by atoms with Gasteiger partial charge in [-0.05, 0) is 67.6 Å². The monoisotopic (exact) mass is 444 g/mol. The summed E-state index contributed by atoms with van der Waals surface area (Å²) in [5, 5.41) is 3.25. The second-order valence-electron chi connectivity index (χ2n) is 6.64. The predicted molar refractivity (Wildman–Crippen MR) is 120 cm³/mol. The lowest BCUT2D eigenvalue weighted by atomic mass is 10.2. The summed E-state index contributed by atoms with van der Waals surface area (Å²) in [6.45, 7) is 1.53. The van der Waals surface area contributed by atoms with E-state index in [9.17, 15) is 13.2 Å². The maximum Gasteiger partial charge on any atom is 0.247 e. The Bertz CT molecular complexity index is 1100. The molecule has 8 heteroatoms. The van der Waals surface area contributed by atoms with Crippen molar-refractivity contribution in [3.8, 4) is 11.5 Å². The van der Waals surface area contributed by atoms with Gasteiger partial charge in [0, 0.05) is 10.7 Å². The fourth-order valence-electron chi connectivity index (χ4n) is 2.87. The lowest BCUT2D eigenvalue weighted by molar-refractivity contribution is -0.116. The summed E-state index contributed by atoms with van der Waals surface area (Å²) >= 11 is 5.85. The van der Waals surface area contributed by atoms with Crippen LogP contribution in [0.2, 0.25) is 5.02 Å². The molecule has 0 aliphatic carbocycles. The number of halogens is 1. The Morgan fingerprint density at radius 1 is 0.933 bits per heavy atom. The zero-order valence-corrected chi connectivity index (χ0v) is 18.0. The molecule has 0 saturated carbocycles. The predicted octanol–water partition coefficient (Wildman–Crippen LogP) is 4.93. The highest BCUT2D eigenvalue weighted by Gasteiger charge is 2.29. The number of nitrogens with zero attached hydrogens (tertiary/aromatic N) is 1. The van der Waals surface area contributed by atoms with Crippen molar-refractivity contribution in [2.45, 2.75) is 13.0 Å². The molecule has 30 heavy (non-hydrogen) atoms. The van der Waals surface area contributed by atoms with Gasteiger partial charge in [0.2, 0.25) is 15.9 Å².